The van der Waals surface area contributed by atoms with Crippen LogP contribution in [-0.2, 0) is 21.7 Å². The molecule has 15 heteroatoms. The van der Waals surface area contributed by atoms with Crippen LogP contribution < -0.4 is 4.74 Å². The zero-order chi connectivity index (χ0) is 33.3. The molecule has 4 heterocycles. The van der Waals surface area contributed by atoms with E-state index >= 15 is 0 Å². The van der Waals surface area contributed by atoms with Crippen LogP contribution >= 0.6 is 34.8 Å². The Morgan fingerprint density at radius 1 is 0.896 bits per heavy atom. The normalized spacial score (nSPS) is 15.9. The average molecular weight is 699 g/mol. The van der Waals surface area contributed by atoms with E-state index < -0.39 is 17.6 Å². The predicted molar refractivity (Wildman–Crippen MR) is 180 cm³/mol. The molecule has 1 aliphatic rings. The van der Waals surface area contributed by atoms with E-state index in [1.807, 2.05) is 25.1 Å². The summed E-state index contributed by atoms with van der Waals surface area (Å²) >= 11 is 3.62. The number of ether oxygens (including phenoxy) is 2. The molecule has 0 aliphatic carbocycles. The second-order valence-electron chi connectivity index (χ2n) is 10.7. The molecule has 1 unspecified atom stereocenters. The summed E-state index contributed by atoms with van der Waals surface area (Å²) in [5.74, 6) is -3.50. The third-order valence-electron chi connectivity index (χ3n) is 7.58. The Kier molecular flexibility index (Phi) is 8.66. The van der Waals surface area contributed by atoms with Crippen LogP contribution in [0.3, 0.4) is 0 Å². The highest BCUT2D eigenvalue weighted by Gasteiger charge is 2.48. The number of cyclic esters (lactones) is 1. The average Bonchev–Trinajstić information content (AvgIpc) is 3.90. The third kappa shape index (κ3) is 6.04. The number of aromatic nitrogens is 6. The lowest BCUT2D eigenvalue weighted by atomic mass is 9.88. The molecule has 0 spiro atoms. The molecule has 3 aromatic heterocycles. The van der Waals surface area contributed by atoms with Crippen LogP contribution in [0.2, 0.25) is 0 Å². The fourth-order valence-electron chi connectivity index (χ4n) is 5.26. The summed E-state index contributed by atoms with van der Waals surface area (Å²) in [5, 5.41) is 19.8. The first-order valence-electron chi connectivity index (χ1n) is 14.6. The van der Waals surface area contributed by atoms with E-state index in [2.05, 4.69) is 27.9 Å². The maximum Gasteiger partial charge on any atom is 0.342 e. The molecule has 1 N–H and O–H groups in total. The number of aliphatic hydroxyl groups is 1. The van der Waals surface area contributed by atoms with Crippen molar-refractivity contribution >= 4 is 84.1 Å². The van der Waals surface area contributed by atoms with Gasteiger partial charge >= 0.3 is 5.97 Å². The van der Waals surface area contributed by atoms with Gasteiger partial charge < -0.3 is 14.6 Å². The summed E-state index contributed by atoms with van der Waals surface area (Å²) < 4.78 is 44.0. The lowest BCUT2D eigenvalue weighted by Gasteiger charge is -2.26. The van der Waals surface area contributed by atoms with Gasteiger partial charge in [-0.15, -0.1) is 10.2 Å². The Balaban J connectivity index is 0.000000280. The minimum absolute atomic E-state index is 0.0638. The van der Waals surface area contributed by atoms with Gasteiger partial charge in [0.15, 0.2) is 11.6 Å². The highest BCUT2D eigenvalue weighted by Crippen LogP contribution is 2.45. The summed E-state index contributed by atoms with van der Waals surface area (Å²) in [6, 6.07) is 20.2. The van der Waals surface area contributed by atoms with Crippen molar-refractivity contribution in [3.05, 3.63) is 106 Å². The summed E-state index contributed by atoms with van der Waals surface area (Å²) in [5.41, 5.74) is 5.51. The van der Waals surface area contributed by atoms with Crippen molar-refractivity contribution in [2.75, 3.05) is 6.61 Å². The molecule has 0 bridgehead atoms. The predicted octanol–water partition coefficient (Wildman–Crippen LogP) is 6.53. The molecule has 0 saturated carbocycles. The molecule has 8 rings (SSSR count). The molecule has 11 nitrogen and oxygen atoms in total. The van der Waals surface area contributed by atoms with E-state index in [-0.39, 0.29) is 23.3 Å². The second-order valence-corrected chi connectivity index (χ2v) is 12.8. The van der Waals surface area contributed by atoms with Gasteiger partial charge in [0.05, 0.1) is 33.3 Å². The summed E-state index contributed by atoms with van der Waals surface area (Å²) in [6.07, 6.45) is 1.70. The maximum atomic E-state index is 14.9. The van der Waals surface area contributed by atoms with E-state index in [9.17, 15) is 19.1 Å². The molecule has 0 amide bonds. The molecule has 240 valence electrons. The molecular formula is C33H23FN6O5S3. The number of hydrogen-bond donors (Lipinski definition) is 1. The lowest BCUT2D eigenvalue weighted by Crippen LogP contribution is -2.30. The Morgan fingerprint density at radius 3 is 2.38 bits per heavy atom. The number of esters is 1. The number of fused-ring (bicyclic) bond motifs is 3. The van der Waals surface area contributed by atoms with Gasteiger partial charge in [-0.1, -0.05) is 28.0 Å². The highest BCUT2D eigenvalue weighted by atomic mass is 32.1. The molecule has 0 radical (unpaired) electrons. The van der Waals surface area contributed by atoms with Gasteiger partial charge in [-0.3, -0.25) is 4.79 Å². The first kappa shape index (κ1) is 31.5. The maximum absolute atomic E-state index is 14.9. The van der Waals surface area contributed by atoms with E-state index in [0.717, 1.165) is 56.5 Å². The minimum atomic E-state index is -2.19. The van der Waals surface area contributed by atoms with Crippen molar-refractivity contribution in [1.29, 1.82) is 0 Å². The van der Waals surface area contributed by atoms with E-state index in [4.69, 9.17) is 9.47 Å². The molecular weight excluding hydrogens is 676 g/mol. The number of hydrogen-bond acceptors (Lipinski definition) is 14. The Morgan fingerprint density at radius 2 is 1.62 bits per heavy atom. The molecule has 0 fully saturated rings. The fraction of sp³-hybridized carbons (Fsp3) is 0.152. The summed E-state index contributed by atoms with van der Waals surface area (Å²) in [4.78, 5) is 23.6. The van der Waals surface area contributed by atoms with Crippen molar-refractivity contribution in [1.82, 2.24) is 27.9 Å². The van der Waals surface area contributed by atoms with Crippen molar-refractivity contribution in [2.24, 2.45) is 0 Å². The zero-order valence-electron chi connectivity index (χ0n) is 25.0. The SMILES string of the molecule is CCCOc1ccc(C2(O)OC(=O)C(c3ccc4nsnc4c3)=C2Cc2ccc3nnsc3c2)cc1F.O=Cc1ccc2nnsc2c1. The fourth-order valence-corrected chi connectivity index (χ4v) is 7.00. The van der Waals surface area contributed by atoms with Crippen LogP contribution in [0.25, 0.3) is 37.0 Å². The van der Waals surface area contributed by atoms with Gasteiger partial charge in [-0.2, -0.15) is 8.75 Å². The lowest BCUT2D eigenvalue weighted by molar-refractivity contribution is -0.185. The number of benzene rings is 4. The van der Waals surface area contributed by atoms with E-state index in [1.54, 1.807) is 36.4 Å². The smallest absolute Gasteiger partial charge is 0.342 e. The number of rotatable bonds is 8. The van der Waals surface area contributed by atoms with E-state index in [0.29, 0.717) is 34.3 Å². The quantitative estimate of drug-likeness (QED) is 0.136. The van der Waals surface area contributed by atoms with Crippen LogP contribution in [0.1, 0.15) is 40.4 Å². The number of aldehydes is 1. The van der Waals surface area contributed by atoms with Crippen LogP contribution in [-0.4, -0.2) is 51.9 Å². The van der Waals surface area contributed by atoms with Gasteiger partial charge in [0.25, 0.3) is 5.79 Å². The minimum Gasteiger partial charge on any atom is -0.491 e. The van der Waals surface area contributed by atoms with Crippen LogP contribution in [0, 0.1) is 5.82 Å². The zero-order valence-corrected chi connectivity index (χ0v) is 27.4. The summed E-state index contributed by atoms with van der Waals surface area (Å²) in [6.45, 7) is 2.28. The first-order valence-corrected chi connectivity index (χ1v) is 16.9. The van der Waals surface area contributed by atoms with Crippen molar-refractivity contribution < 1.29 is 28.6 Å². The topological polar surface area (TPSA) is 150 Å². The highest BCUT2D eigenvalue weighted by molar-refractivity contribution is 7.13. The molecule has 0 saturated heterocycles. The molecule has 7 aromatic rings. The van der Waals surface area contributed by atoms with Crippen LogP contribution in [0.4, 0.5) is 4.39 Å². The number of carbonyl (C=O) groups is 2. The van der Waals surface area contributed by atoms with Crippen LogP contribution in [0.15, 0.2) is 78.4 Å². The van der Waals surface area contributed by atoms with Crippen molar-refractivity contribution in [2.45, 2.75) is 25.6 Å². The molecule has 4 aromatic carbocycles. The number of halogens is 1. The van der Waals surface area contributed by atoms with E-state index in [1.165, 1.54) is 35.2 Å². The molecule has 1 aliphatic heterocycles. The molecule has 48 heavy (non-hydrogen) atoms. The standard InChI is InChI=1S/C26H19FN4O4S2.C7H4N2OS/c1-2-9-34-22-8-5-16(13-18(22)27)26(33)17(10-14-3-6-20-23(11-14)36-31-28-20)24(25(32)35-26)15-4-7-19-21(12-15)30-37-29-19;10-4-5-1-2-6-7(3-5)11-9-8-6/h3-8,11-13,33H,2,9-10H2,1H3;1-4H. The number of carbonyl (C=O) groups excluding carboxylic acids is 2. The van der Waals surface area contributed by atoms with Crippen molar-refractivity contribution in [3.63, 3.8) is 0 Å². The first-order chi connectivity index (χ1) is 23.4. The third-order valence-corrected chi connectivity index (χ3v) is 9.51. The monoisotopic (exact) mass is 698 g/mol. The Hall–Kier alpha value is -5.09. The number of nitrogens with zero attached hydrogens (tertiary/aromatic N) is 6. The van der Waals surface area contributed by atoms with Gasteiger partial charge in [0.1, 0.15) is 28.4 Å². The van der Waals surface area contributed by atoms with Crippen molar-refractivity contribution in [3.8, 4) is 5.75 Å². The summed E-state index contributed by atoms with van der Waals surface area (Å²) in [7, 11) is 0. The second kappa shape index (κ2) is 13.2. The van der Waals surface area contributed by atoms with Gasteiger partial charge in [0.2, 0.25) is 0 Å². The van der Waals surface area contributed by atoms with Gasteiger partial charge in [0, 0.05) is 23.1 Å². The largest absolute Gasteiger partial charge is 0.491 e. The van der Waals surface area contributed by atoms with Gasteiger partial charge in [-0.05, 0) is 101 Å². The Labute approximate surface area is 283 Å². The van der Waals surface area contributed by atoms with Crippen LogP contribution in [0.5, 0.6) is 5.75 Å². The van der Waals surface area contributed by atoms with Gasteiger partial charge in [-0.25, -0.2) is 9.18 Å². The molecule has 1 atom stereocenters. The Bertz CT molecular complexity index is 2350.